The first-order valence-corrected chi connectivity index (χ1v) is 10.3. The van der Waals surface area contributed by atoms with Crippen molar-refractivity contribution in [2.75, 3.05) is 26.2 Å². The maximum atomic E-state index is 13.0. The molecular formula is C16H31ClN2O3S. The molecular weight excluding hydrogens is 336 g/mol. The predicted molar refractivity (Wildman–Crippen MR) is 95.7 cm³/mol. The van der Waals surface area contributed by atoms with Gasteiger partial charge in [0, 0.05) is 19.6 Å². The van der Waals surface area contributed by atoms with E-state index in [0.717, 1.165) is 51.6 Å². The third-order valence-corrected chi connectivity index (χ3v) is 7.73. The zero-order valence-electron chi connectivity index (χ0n) is 14.3. The molecule has 1 aliphatic heterocycles. The van der Waals surface area contributed by atoms with Gasteiger partial charge in [-0.1, -0.05) is 33.1 Å². The Morgan fingerprint density at radius 3 is 2.30 bits per heavy atom. The minimum atomic E-state index is -3.40. The minimum absolute atomic E-state index is 0. The van der Waals surface area contributed by atoms with Crippen LogP contribution < -0.4 is 5.32 Å². The predicted octanol–water partition coefficient (Wildman–Crippen LogP) is 2.00. The largest absolute Gasteiger partial charge is 0.340 e. The Balaban J connectivity index is 0.00000264. The molecule has 7 heteroatoms. The summed E-state index contributed by atoms with van der Waals surface area (Å²) >= 11 is 0. The van der Waals surface area contributed by atoms with E-state index in [4.69, 9.17) is 0 Å². The van der Waals surface area contributed by atoms with E-state index in [1.54, 1.807) is 4.90 Å². The molecule has 1 aliphatic carbocycles. The lowest BCUT2D eigenvalue weighted by Gasteiger charge is -2.32. The van der Waals surface area contributed by atoms with Crippen molar-refractivity contribution in [3.8, 4) is 0 Å². The number of carbonyl (C=O) groups is 1. The maximum absolute atomic E-state index is 13.0. The van der Waals surface area contributed by atoms with Gasteiger partial charge in [0.2, 0.25) is 5.91 Å². The van der Waals surface area contributed by atoms with Gasteiger partial charge in [0.1, 0.15) is 5.25 Å². The van der Waals surface area contributed by atoms with Crippen LogP contribution in [0, 0.1) is 5.92 Å². The number of hydrogen-bond donors (Lipinski definition) is 1. The molecule has 1 unspecified atom stereocenters. The first-order valence-electron chi connectivity index (χ1n) is 8.67. The average molecular weight is 367 g/mol. The van der Waals surface area contributed by atoms with E-state index in [-0.39, 0.29) is 29.5 Å². The highest BCUT2D eigenvalue weighted by Crippen LogP contribution is 2.29. The van der Waals surface area contributed by atoms with Gasteiger partial charge in [-0.25, -0.2) is 8.42 Å². The molecule has 0 aromatic heterocycles. The number of amides is 1. The van der Waals surface area contributed by atoms with E-state index in [2.05, 4.69) is 5.32 Å². The van der Waals surface area contributed by atoms with Crippen LogP contribution in [0.15, 0.2) is 0 Å². The summed E-state index contributed by atoms with van der Waals surface area (Å²) in [5.74, 6) is -0.347. The molecule has 0 spiro atoms. The van der Waals surface area contributed by atoms with Crippen molar-refractivity contribution in [2.45, 2.75) is 62.9 Å². The van der Waals surface area contributed by atoms with E-state index in [1.807, 2.05) is 13.8 Å². The molecule has 136 valence electrons. The fourth-order valence-corrected chi connectivity index (χ4v) is 6.25. The Kier molecular flexibility index (Phi) is 8.31. The number of sulfone groups is 1. The number of nitrogens with zero attached hydrogens (tertiary/aromatic N) is 1. The summed E-state index contributed by atoms with van der Waals surface area (Å²) in [6.45, 7) is 6.64. The standard InChI is InChI=1S/C16H30N2O3S.ClH/c1-13(2)15(16(19)18-11-6-9-17-10-12-18)22(20,21)14-7-4-3-5-8-14;/h13-15,17H,3-12H2,1-2H3;1H. The molecule has 0 bridgehead atoms. The van der Waals surface area contributed by atoms with Crippen LogP contribution in [0.2, 0.25) is 0 Å². The second kappa shape index (κ2) is 9.23. The summed E-state index contributed by atoms with van der Waals surface area (Å²) in [5, 5.41) is 2.08. The summed E-state index contributed by atoms with van der Waals surface area (Å²) in [4.78, 5) is 14.7. The van der Waals surface area contributed by atoms with Gasteiger partial charge in [-0.2, -0.15) is 0 Å². The van der Waals surface area contributed by atoms with Crippen LogP contribution in [0.1, 0.15) is 52.4 Å². The topological polar surface area (TPSA) is 66.5 Å². The smallest absolute Gasteiger partial charge is 0.241 e. The van der Waals surface area contributed by atoms with E-state index in [1.165, 1.54) is 0 Å². The van der Waals surface area contributed by atoms with Gasteiger partial charge in [-0.05, 0) is 31.7 Å². The molecule has 1 saturated heterocycles. The van der Waals surface area contributed by atoms with Crippen LogP contribution in [0.5, 0.6) is 0 Å². The third-order valence-electron chi connectivity index (χ3n) is 4.87. The van der Waals surface area contributed by atoms with Crippen LogP contribution in [0.3, 0.4) is 0 Å². The Morgan fingerprint density at radius 1 is 1.04 bits per heavy atom. The van der Waals surface area contributed by atoms with Crippen molar-refractivity contribution in [2.24, 2.45) is 5.92 Å². The quantitative estimate of drug-likeness (QED) is 0.826. The van der Waals surface area contributed by atoms with E-state index in [0.29, 0.717) is 13.1 Å². The molecule has 23 heavy (non-hydrogen) atoms. The van der Waals surface area contributed by atoms with Gasteiger partial charge in [-0.15, -0.1) is 12.4 Å². The second-order valence-electron chi connectivity index (χ2n) is 6.94. The molecule has 0 aromatic carbocycles. The van der Waals surface area contributed by atoms with Crippen LogP contribution in [-0.2, 0) is 14.6 Å². The highest BCUT2D eigenvalue weighted by Gasteiger charge is 2.42. The summed E-state index contributed by atoms with van der Waals surface area (Å²) in [6, 6.07) is 0. The van der Waals surface area contributed by atoms with E-state index < -0.39 is 15.1 Å². The Labute approximate surface area is 146 Å². The summed E-state index contributed by atoms with van der Waals surface area (Å²) in [5.41, 5.74) is 0. The normalized spacial score (nSPS) is 22.3. The molecule has 1 amide bonds. The number of nitrogens with one attached hydrogen (secondary N) is 1. The fraction of sp³-hybridized carbons (Fsp3) is 0.938. The molecule has 1 atom stereocenters. The Hall–Kier alpha value is -0.330. The third kappa shape index (κ3) is 5.07. The van der Waals surface area contributed by atoms with Gasteiger partial charge < -0.3 is 10.2 Å². The van der Waals surface area contributed by atoms with Crippen molar-refractivity contribution in [1.29, 1.82) is 0 Å². The van der Waals surface area contributed by atoms with Crippen molar-refractivity contribution in [1.82, 2.24) is 10.2 Å². The van der Waals surface area contributed by atoms with Gasteiger partial charge in [0.05, 0.1) is 5.25 Å². The molecule has 1 N–H and O–H groups in total. The van der Waals surface area contributed by atoms with Crippen molar-refractivity contribution < 1.29 is 13.2 Å². The summed E-state index contributed by atoms with van der Waals surface area (Å²) in [6.07, 6.45) is 5.39. The van der Waals surface area contributed by atoms with Crippen LogP contribution in [0.25, 0.3) is 0 Å². The fourth-order valence-electron chi connectivity index (χ4n) is 3.65. The highest BCUT2D eigenvalue weighted by atomic mass is 35.5. The zero-order valence-corrected chi connectivity index (χ0v) is 15.9. The number of hydrogen-bond acceptors (Lipinski definition) is 4. The van der Waals surface area contributed by atoms with Crippen molar-refractivity contribution in [3.05, 3.63) is 0 Å². The number of carbonyl (C=O) groups excluding carboxylic acids is 1. The molecule has 2 aliphatic rings. The molecule has 2 rings (SSSR count). The lowest BCUT2D eigenvalue weighted by molar-refractivity contribution is -0.131. The van der Waals surface area contributed by atoms with Crippen LogP contribution in [-0.4, -0.2) is 55.9 Å². The van der Waals surface area contributed by atoms with Gasteiger partial charge in [-0.3, -0.25) is 4.79 Å². The first-order chi connectivity index (χ1) is 10.4. The monoisotopic (exact) mass is 366 g/mol. The average Bonchev–Trinajstić information content (AvgIpc) is 2.76. The second-order valence-corrected chi connectivity index (χ2v) is 9.30. The molecule has 0 aromatic rings. The van der Waals surface area contributed by atoms with E-state index >= 15 is 0 Å². The molecule has 2 fully saturated rings. The maximum Gasteiger partial charge on any atom is 0.241 e. The summed E-state index contributed by atoms with van der Waals surface area (Å²) in [7, 11) is -3.40. The molecule has 0 radical (unpaired) electrons. The van der Waals surface area contributed by atoms with Crippen molar-refractivity contribution >= 4 is 28.2 Å². The van der Waals surface area contributed by atoms with Gasteiger partial charge in [0.25, 0.3) is 0 Å². The van der Waals surface area contributed by atoms with E-state index in [9.17, 15) is 13.2 Å². The first kappa shape index (κ1) is 20.7. The Morgan fingerprint density at radius 2 is 1.70 bits per heavy atom. The molecule has 1 saturated carbocycles. The number of halogens is 1. The van der Waals surface area contributed by atoms with Gasteiger partial charge in [0.15, 0.2) is 9.84 Å². The lowest BCUT2D eigenvalue weighted by Crippen LogP contribution is -2.49. The number of rotatable bonds is 4. The van der Waals surface area contributed by atoms with Gasteiger partial charge >= 0.3 is 0 Å². The van der Waals surface area contributed by atoms with Crippen LogP contribution >= 0.6 is 12.4 Å². The minimum Gasteiger partial charge on any atom is -0.340 e. The molecule has 5 nitrogen and oxygen atoms in total. The Bertz CT molecular complexity index is 468. The van der Waals surface area contributed by atoms with Crippen molar-refractivity contribution in [3.63, 3.8) is 0 Å². The zero-order chi connectivity index (χ0) is 16.2. The molecule has 1 heterocycles. The SMILES string of the molecule is CC(C)C(C(=O)N1CCCNCC1)S(=O)(=O)C1CCCCC1.Cl. The summed E-state index contributed by atoms with van der Waals surface area (Å²) < 4.78 is 26.1. The highest BCUT2D eigenvalue weighted by molar-refractivity contribution is 7.93. The lowest BCUT2D eigenvalue weighted by atomic mass is 10.0. The van der Waals surface area contributed by atoms with Crippen LogP contribution in [0.4, 0.5) is 0 Å².